The van der Waals surface area contributed by atoms with E-state index in [1.54, 1.807) is 27.1 Å². The van der Waals surface area contributed by atoms with Crippen LogP contribution in [0.5, 0.6) is 0 Å². The van der Waals surface area contributed by atoms with E-state index in [-0.39, 0.29) is 11.8 Å². The van der Waals surface area contributed by atoms with Crippen molar-refractivity contribution in [3.05, 3.63) is 18.2 Å². The molecule has 1 aromatic rings. The second kappa shape index (κ2) is 7.15. The van der Waals surface area contributed by atoms with Gasteiger partial charge in [0, 0.05) is 31.6 Å². The quantitative estimate of drug-likeness (QED) is 0.855. The highest BCUT2D eigenvalue weighted by Crippen LogP contribution is 2.23. The molecular formula is C17H27N3O3. The van der Waals surface area contributed by atoms with Crippen molar-refractivity contribution in [1.29, 1.82) is 0 Å². The molecule has 0 spiro atoms. The first-order valence-corrected chi connectivity index (χ1v) is 8.35. The molecule has 2 rings (SSSR count). The van der Waals surface area contributed by atoms with E-state index in [9.17, 15) is 9.59 Å². The number of piperidine rings is 1. The molecule has 1 unspecified atom stereocenters. The second-order valence-corrected chi connectivity index (χ2v) is 7.12. The molecule has 6 nitrogen and oxygen atoms in total. The van der Waals surface area contributed by atoms with Crippen LogP contribution in [-0.4, -0.2) is 38.6 Å². The zero-order chi connectivity index (χ0) is 17.0. The van der Waals surface area contributed by atoms with Crippen LogP contribution < -0.4 is 0 Å². The van der Waals surface area contributed by atoms with Gasteiger partial charge in [0.05, 0.1) is 12.0 Å². The van der Waals surface area contributed by atoms with E-state index in [1.165, 1.54) is 4.90 Å². The number of imide groups is 1. The lowest BCUT2D eigenvalue weighted by molar-refractivity contribution is -0.137. The van der Waals surface area contributed by atoms with Crippen molar-refractivity contribution >= 4 is 12.0 Å². The third-order valence-corrected chi connectivity index (χ3v) is 3.79. The molecule has 1 aliphatic rings. The minimum absolute atomic E-state index is 0.143. The highest BCUT2D eigenvalue weighted by molar-refractivity contribution is 5.94. The Morgan fingerprint density at radius 3 is 2.83 bits per heavy atom. The molecule has 2 amide bonds. The van der Waals surface area contributed by atoms with Crippen LogP contribution in [0.3, 0.4) is 0 Å². The first kappa shape index (κ1) is 17.5. The van der Waals surface area contributed by atoms with Crippen molar-refractivity contribution in [3.63, 3.8) is 0 Å². The van der Waals surface area contributed by atoms with Crippen molar-refractivity contribution in [3.8, 4) is 0 Å². The summed E-state index contributed by atoms with van der Waals surface area (Å²) in [6.07, 6.45) is 6.48. The van der Waals surface area contributed by atoms with Gasteiger partial charge in [0.25, 0.3) is 0 Å². The Kier molecular flexibility index (Phi) is 5.44. The Labute approximate surface area is 137 Å². The lowest BCUT2D eigenvalue weighted by Gasteiger charge is -2.32. The minimum atomic E-state index is -0.594. The maximum Gasteiger partial charge on any atom is 0.417 e. The van der Waals surface area contributed by atoms with Crippen molar-refractivity contribution in [2.45, 2.75) is 65.5 Å². The predicted octanol–water partition coefficient (Wildman–Crippen LogP) is 3.01. The number of aromatic nitrogens is 2. The number of hydrogen-bond acceptors (Lipinski definition) is 4. The normalized spacial score (nSPS) is 19.0. The predicted molar refractivity (Wildman–Crippen MR) is 86.9 cm³/mol. The van der Waals surface area contributed by atoms with Crippen molar-refractivity contribution in [2.75, 3.05) is 6.54 Å². The molecule has 0 N–H and O–H groups in total. The van der Waals surface area contributed by atoms with Crippen LogP contribution in [0.25, 0.3) is 0 Å². The van der Waals surface area contributed by atoms with Gasteiger partial charge in [-0.05, 0) is 40.0 Å². The average Bonchev–Trinajstić information content (AvgIpc) is 2.87. The second-order valence-electron chi connectivity index (χ2n) is 7.12. The third-order valence-electron chi connectivity index (χ3n) is 3.79. The topological polar surface area (TPSA) is 64.4 Å². The Bertz CT molecular complexity index is 560. The standard InChI is InChI=1S/C17H27N3O3/c1-5-8-19-11-14(18-12-19)10-13-7-6-9-20(15(13)21)16(22)23-17(2,3)4/h11-13H,5-10H2,1-4H3. The molecule has 0 bridgehead atoms. The molecule has 6 heteroatoms. The molecular weight excluding hydrogens is 294 g/mol. The van der Waals surface area contributed by atoms with Crippen LogP contribution in [0.15, 0.2) is 12.5 Å². The van der Waals surface area contributed by atoms with Gasteiger partial charge < -0.3 is 9.30 Å². The fourth-order valence-corrected chi connectivity index (χ4v) is 2.78. The summed E-state index contributed by atoms with van der Waals surface area (Å²) in [5.41, 5.74) is 0.311. The molecule has 0 aromatic carbocycles. The zero-order valence-corrected chi connectivity index (χ0v) is 14.5. The van der Waals surface area contributed by atoms with Crippen LogP contribution in [0, 0.1) is 5.92 Å². The van der Waals surface area contributed by atoms with E-state index >= 15 is 0 Å². The number of rotatable bonds is 4. The molecule has 2 heterocycles. The van der Waals surface area contributed by atoms with Crippen molar-refractivity contribution < 1.29 is 14.3 Å². The maximum atomic E-state index is 12.6. The van der Waals surface area contributed by atoms with Crippen molar-refractivity contribution in [2.24, 2.45) is 5.92 Å². The molecule has 0 saturated carbocycles. The number of hydrogen-bond donors (Lipinski definition) is 0. The first-order chi connectivity index (χ1) is 10.8. The van der Waals surface area contributed by atoms with Gasteiger partial charge in [0.1, 0.15) is 5.60 Å². The van der Waals surface area contributed by atoms with Gasteiger partial charge in [-0.1, -0.05) is 6.92 Å². The molecule has 128 valence electrons. The van der Waals surface area contributed by atoms with Gasteiger partial charge in [-0.3, -0.25) is 4.79 Å². The molecule has 1 aliphatic heterocycles. The van der Waals surface area contributed by atoms with Gasteiger partial charge in [-0.25, -0.2) is 14.7 Å². The highest BCUT2D eigenvalue weighted by atomic mass is 16.6. The van der Waals surface area contributed by atoms with Crippen LogP contribution in [-0.2, 0) is 22.5 Å². The molecule has 1 fully saturated rings. The van der Waals surface area contributed by atoms with E-state index in [0.717, 1.165) is 31.5 Å². The monoisotopic (exact) mass is 321 g/mol. The summed E-state index contributed by atoms with van der Waals surface area (Å²) in [6.45, 7) is 8.89. The summed E-state index contributed by atoms with van der Waals surface area (Å²) >= 11 is 0. The number of amides is 2. The summed E-state index contributed by atoms with van der Waals surface area (Å²) in [5, 5.41) is 0. The average molecular weight is 321 g/mol. The van der Waals surface area contributed by atoms with Crippen LogP contribution >= 0.6 is 0 Å². The number of imidazole rings is 1. The summed E-state index contributed by atoms with van der Waals surface area (Å²) in [7, 11) is 0. The molecule has 0 radical (unpaired) electrons. The molecule has 0 aliphatic carbocycles. The van der Waals surface area contributed by atoms with Crippen LogP contribution in [0.2, 0.25) is 0 Å². The van der Waals surface area contributed by atoms with Gasteiger partial charge in [-0.15, -0.1) is 0 Å². The van der Waals surface area contributed by atoms with Gasteiger partial charge in [0.2, 0.25) is 5.91 Å². The Morgan fingerprint density at radius 1 is 1.43 bits per heavy atom. The fourth-order valence-electron chi connectivity index (χ4n) is 2.78. The lowest BCUT2D eigenvalue weighted by Crippen LogP contribution is -2.47. The Hall–Kier alpha value is -1.85. The Balaban J connectivity index is 2.00. The maximum absolute atomic E-state index is 12.6. The summed E-state index contributed by atoms with van der Waals surface area (Å²) in [6, 6.07) is 0. The molecule has 1 aromatic heterocycles. The molecule has 1 saturated heterocycles. The van der Waals surface area contributed by atoms with Crippen LogP contribution in [0.1, 0.15) is 52.7 Å². The largest absolute Gasteiger partial charge is 0.443 e. The first-order valence-electron chi connectivity index (χ1n) is 8.35. The summed E-state index contributed by atoms with van der Waals surface area (Å²) in [4.78, 5) is 30.4. The summed E-state index contributed by atoms with van der Waals surface area (Å²) < 4.78 is 7.36. The van der Waals surface area contributed by atoms with Gasteiger partial charge in [-0.2, -0.15) is 0 Å². The Morgan fingerprint density at radius 2 is 2.17 bits per heavy atom. The summed E-state index contributed by atoms with van der Waals surface area (Å²) in [5.74, 6) is -0.336. The van der Waals surface area contributed by atoms with E-state index in [2.05, 4.69) is 11.9 Å². The molecule has 1 atom stereocenters. The number of carbonyl (C=O) groups excluding carboxylic acids is 2. The van der Waals surface area contributed by atoms with E-state index < -0.39 is 11.7 Å². The van der Waals surface area contributed by atoms with Crippen molar-refractivity contribution in [1.82, 2.24) is 14.5 Å². The molecule has 23 heavy (non-hydrogen) atoms. The van der Waals surface area contributed by atoms with Gasteiger partial charge >= 0.3 is 6.09 Å². The van der Waals surface area contributed by atoms with E-state index in [4.69, 9.17) is 4.74 Å². The third kappa shape index (κ3) is 4.81. The number of nitrogens with zero attached hydrogens (tertiary/aromatic N) is 3. The number of aryl methyl sites for hydroxylation is 1. The van der Waals surface area contributed by atoms with E-state index in [0.29, 0.717) is 13.0 Å². The lowest BCUT2D eigenvalue weighted by atomic mass is 9.93. The van der Waals surface area contributed by atoms with Crippen LogP contribution in [0.4, 0.5) is 4.79 Å². The fraction of sp³-hybridized carbons (Fsp3) is 0.706. The smallest absolute Gasteiger partial charge is 0.417 e. The highest BCUT2D eigenvalue weighted by Gasteiger charge is 2.35. The minimum Gasteiger partial charge on any atom is -0.443 e. The van der Waals surface area contributed by atoms with Gasteiger partial charge in [0.15, 0.2) is 0 Å². The van der Waals surface area contributed by atoms with E-state index in [1.807, 2.05) is 10.8 Å². The number of ether oxygens (including phenoxy) is 1. The number of carbonyl (C=O) groups is 2. The number of likely N-dealkylation sites (tertiary alicyclic amines) is 1. The zero-order valence-electron chi connectivity index (χ0n) is 14.5. The SMILES string of the molecule is CCCn1cnc(CC2CCCN(C(=O)OC(C)(C)C)C2=O)c1.